The Balaban J connectivity index is 2.38. The maximum Gasteiger partial charge on any atom is 0.259 e. The fourth-order valence-electron chi connectivity index (χ4n) is 1.39. The number of nitrogens with one attached hydrogen (secondary N) is 1. The van der Waals surface area contributed by atoms with Gasteiger partial charge in [0.25, 0.3) is 5.91 Å². The Morgan fingerprint density at radius 1 is 1.67 bits per heavy atom. The van der Waals surface area contributed by atoms with Crippen molar-refractivity contribution in [1.29, 1.82) is 0 Å². The average Bonchev–Trinajstić information content (AvgIpc) is 2.92. The van der Waals surface area contributed by atoms with E-state index in [0.717, 1.165) is 8.66 Å². The molecule has 2 heterocycles. The van der Waals surface area contributed by atoms with E-state index in [9.17, 15) is 4.79 Å². The first kappa shape index (κ1) is 12.8. The first-order chi connectivity index (χ1) is 8.63. The number of nitrogen functional groups attached to an aromatic ring is 1. The van der Waals surface area contributed by atoms with Crippen LogP contribution in [-0.2, 0) is 0 Å². The highest BCUT2D eigenvalue weighted by atomic mass is 79.9. The highest BCUT2D eigenvalue weighted by Gasteiger charge is 2.22. The van der Waals surface area contributed by atoms with Crippen LogP contribution in [0.3, 0.4) is 0 Å². The average molecular weight is 328 g/mol. The second-order valence-electron chi connectivity index (χ2n) is 3.37. The molecule has 0 aliphatic carbocycles. The van der Waals surface area contributed by atoms with E-state index < -0.39 is 0 Å². The third-order valence-corrected chi connectivity index (χ3v) is 3.79. The van der Waals surface area contributed by atoms with Crippen LogP contribution in [0.2, 0.25) is 0 Å². The van der Waals surface area contributed by atoms with Crippen molar-refractivity contribution in [2.24, 2.45) is 0 Å². The van der Waals surface area contributed by atoms with Gasteiger partial charge in [0.15, 0.2) is 0 Å². The van der Waals surface area contributed by atoms with Crippen molar-refractivity contribution in [3.63, 3.8) is 0 Å². The van der Waals surface area contributed by atoms with Crippen molar-refractivity contribution in [1.82, 2.24) is 10.5 Å². The minimum Gasteiger partial charge on any atom is -0.367 e. The van der Waals surface area contributed by atoms with Gasteiger partial charge in [0.1, 0.15) is 11.3 Å². The lowest BCUT2D eigenvalue weighted by Crippen LogP contribution is -2.24. The van der Waals surface area contributed by atoms with Crippen LogP contribution in [0, 0.1) is 0 Å². The summed E-state index contributed by atoms with van der Waals surface area (Å²) in [7, 11) is 0. The lowest BCUT2D eigenvalue weighted by molar-refractivity contribution is 0.0959. The first-order valence-electron chi connectivity index (χ1n) is 5.03. The highest BCUT2D eigenvalue weighted by molar-refractivity contribution is 9.11. The fraction of sp³-hybridized carbons (Fsp3) is 0.0909. The molecule has 94 valence electrons. The van der Waals surface area contributed by atoms with Crippen molar-refractivity contribution in [2.75, 3.05) is 12.3 Å². The second kappa shape index (κ2) is 5.36. The third kappa shape index (κ3) is 2.46. The van der Waals surface area contributed by atoms with Crippen LogP contribution in [0.4, 0.5) is 5.88 Å². The summed E-state index contributed by atoms with van der Waals surface area (Å²) >= 11 is 4.80. The van der Waals surface area contributed by atoms with Crippen LogP contribution in [0.25, 0.3) is 10.6 Å². The number of thiophene rings is 1. The maximum absolute atomic E-state index is 11.9. The van der Waals surface area contributed by atoms with Gasteiger partial charge in [0.2, 0.25) is 5.88 Å². The van der Waals surface area contributed by atoms with E-state index in [0.29, 0.717) is 12.2 Å². The topological polar surface area (TPSA) is 81.2 Å². The number of carbonyl (C=O) groups excluding carboxylic acids is 1. The van der Waals surface area contributed by atoms with Crippen LogP contribution >= 0.6 is 27.3 Å². The molecule has 2 aromatic rings. The van der Waals surface area contributed by atoms with Crippen LogP contribution in [-0.4, -0.2) is 17.6 Å². The molecular weight excluding hydrogens is 318 g/mol. The first-order valence-corrected chi connectivity index (χ1v) is 6.64. The van der Waals surface area contributed by atoms with Gasteiger partial charge in [-0.25, -0.2) is 0 Å². The van der Waals surface area contributed by atoms with E-state index >= 15 is 0 Å². The van der Waals surface area contributed by atoms with E-state index in [1.54, 1.807) is 6.08 Å². The molecule has 0 saturated heterocycles. The summed E-state index contributed by atoms with van der Waals surface area (Å²) in [6.45, 7) is 3.89. The van der Waals surface area contributed by atoms with Gasteiger partial charge in [-0.2, -0.15) is 0 Å². The normalized spacial score (nSPS) is 10.3. The van der Waals surface area contributed by atoms with Gasteiger partial charge < -0.3 is 15.6 Å². The van der Waals surface area contributed by atoms with Gasteiger partial charge in [-0.3, -0.25) is 4.79 Å². The predicted octanol–water partition coefficient (Wildman–Crippen LogP) is 2.66. The van der Waals surface area contributed by atoms with Gasteiger partial charge in [-0.1, -0.05) is 11.2 Å². The number of hydrogen-bond donors (Lipinski definition) is 2. The Bertz CT molecular complexity index is 591. The number of hydrogen-bond acceptors (Lipinski definition) is 5. The lowest BCUT2D eigenvalue weighted by atomic mass is 10.2. The molecule has 0 bridgehead atoms. The number of halogens is 1. The molecular formula is C11H10BrN3O2S. The largest absolute Gasteiger partial charge is 0.367 e. The zero-order valence-corrected chi connectivity index (χ0v) is 11.7. The summed E-state index contributed by atoms with van der Waals surface area (Å²) < 4.78 is 5.83. The van der Waals surface area contributed by atoms with Crippen LogP contribution < -0.4 is 11.1 Å². The molecule has 0 unspecified atom stereocenters. The minimum atomic E-state index is -0.326. The molecule has 0 aliphatic rings. The van der Waals surface area contributed by atoms with Crippen molar-refractivity contribution in [3.05, 3.63) is 34.1 Å². The van der Waals surface area contributed by atoms with Crippen molar-refractivity contribution >= 4 is 39.1 Å². The monoisotopic (exact) mass is 327 g/mol. The van der Waals surface area contributed by atoms with E-state index in [1.165, 1.54) is 11.3 Å². The molecule has 1 amide bonds. The summed E-state index contributed by atoms with van der Waals surface area (Å²) in [4.78, 5) is 12.8. The molecule has 0 radical (unpaired) electrons. The zero-order chi connectivity index (χ0) is 13.1. The van der Waals surface area contributed by atoms with Crippen LogP contribution in [0.1, 0.15) is 10.4 Å². The molecule has 7 heteroatoms. The molecule has 2 aromatic heterocycles. The van der Waals surface area contributed by atoms with E-state index in [1.807, 2.05) is 12.1 Å². The minimum absolute atomic E-state index is 0.0103. The standard InChI is InChI=1S/C11H10BrN3O2S/c1-2-5-14-11(16)8-9(15-17-10(8)13)6-3-4-7(12)18-6/h2-4H,1,5,13H2,(H,14,16). The molecule has 5 nitrogen and oxygen atoms in total. The molecule has 0 fully saturated rings. The van der Waals surface area contributed by atoms with Gasteiger partial charge in [0, 0.05) is 6.54 Å². The van der Waals surface area contributed by atoms with Crippen LogP contribution in [0.15, 0.2) is 33.1 Å². The number of carbonyl (C=O) groups is 1. The smallest absolute Gasteiger partial charge is 0.259 e. The summed E-state index contributed by atoms with van der Waals surface area (Å²) in [5.74, 6) is -0.316. The van der Waals surface area contributed by atoms with E-state index in [-0.39, 0.29) is 17.4 Å². The van der Waals surface area contributed by atoms with Crippen molar-refractivity contribution in [3.8, 4) is 10.6 Å². The molecule has 0 saturated carbocycles. The fourth-order valence-corrected chi connectivity index (χ4v) is 2.76. The molecule has 2 rings (SSSR count). The number of nitrogens with two attached hydrogens (primary N) is 1. The summed E-state index contributed by atoms with van der Waals surface area (Å²) in [6, 6.07) is 3.71. The summed E-state index contributed by atoms with van der Waals surface area (Å²) in [5.41, 5.74) is 6.34. The van der Waals surface area contributed by atoms with E-state index in [2.05, 4.69) is 33.0 Å². The highest BCUT2D eigenvalue weighted by Crippen LogP contribution is 2.34. The number of rotatable bonds is 4. The molecule has 3 N–H and O–H groups in total. The number of nitrogens with zero attached hydrogens (tertiary/aromatic N) is 1. The Morgan fingerprint density at radius 3 is 3.06 bits per heavy atom. The molecule has 0 spiro atoms. The third-order valence-electron chi connectivity index (χ3n) is 2.16. The number of anilines is 1. The Morgan fingerprint density at radius 2 is 2.44 bits per heavy atom. The number of amides is 1. The van der Waals surface area contributed by atoms with E-state index in [4.69, 9.17) is 10.3 Å². The zero-order valence-electron chi connectivity index (χ0n) is 9.27. The molecule has 18 heavy (non-hydrogen) atoms. The number of aromatic nitrogens is 1. The SMILES string of the molecule is C=CCNC(=O)c1c(-c2ccc(Br)s2)noc1N. The van der Waals surface area contributed by atoms with Gasteiger partial charge in [-0.05, 0) is 28.1 Å². The van der Waals surface area contributed by atoms with Gasteiger partial charge in [0.05, 0.1) is 8.66 Å². The van der Waals surface area contributed by atoms with Crippen LogP contribution in [0.5, 0.6) is 0 Å². The second-order valence-corrected chi connectivity index (χ2v) is 5.84. The predicted molar refractivity (Wildman–Crippen MR) is 74.5 cm³/mol. The Hall–Kier alpha value is -1.60. The van der Waals surface area contributed by atoms with Gasteiger partial charge in [-0.15, -0.1) is 17.9 Å². The molecule has 0 aliphatic heterocycles. The van der Waals surface area contributed by atoms with Gasteiger partial charge >= 0.3 is 0 Å². The maximum atomic E-state index is 11.9. The Labute approximate surface area is 116 Å². The molecule has 0 atom stereocenters. The Kier molecular flexibility index (Phi) is 3.83. The lowest BCUT2D eigenvalue weighted by Gasteiger charge is -2.01. The quantitative estimate of drug-likeness (QED) is 0.846. The summed E-state index contributed by atoms with van der Waals surface area (Å²) in [6.07, 6.45) is 1.59. The summed E-state index contributed by atoms with van der Waals surface area (Å²) in [5, 5.41) is 6.48. The van der Waals surface area contributed by atoms with Crippen molar-refractivity contribution in [2.45, 2.75) is 0 Å². The van der Waals surface area contributed by atoms with Crippen molar-refractivity contribution < 1.29 is 9.32 Å². The molecule has 0 aromatic carbocycles.